The first-order valence-corrected chi connectivity index (χ1v) is 8.80. The number of fused-ring (bicyclic) bond motifs is 2. The number of nitrogens with zero attached hydrogens (tertiary/aromatic N) is 3. The first kappa shape index (κ1) is 16.1. The van der Waals surface area contributed by atoms with Crippen LogP contribution in [-0.4, -0.2) is 36.1 Å². The van der Waals surface area contributed by atoms with Crippen LogP contribution >= 0.6 is 0 Å². The SMILES string of the molecule is CC(O)c1cccc(N2CCC3(CC2)C(=O)N(C)c2ccccc23)n1. The average molecular weight is 337 g/mol. The van der Waals surface area contributed by atoms with Gasteiger partial charge in [-0.3, -0.25) is 4.79 Å². The fourth-order valence-electron chi connectivity index (χ4n) is 4.17. The third-order valence-electron chi connectivity index (χ3n) is 5.62. The number of anilines is 2. The molecular weight excluding hydrogens is 314 g/mol. The van der Waals surface area contributed by atoms with Crippen LogP contribution in [0.25, 0.3) is 0 Å². The molecule has 4 rings (SSSR count). The number of hydrogen-bond donors (Lipinski definition) is 1. The minimum atomic E-state index is -0.576. The molecule has 1 spiro atoms. The zero-order chi connectivity index (χ0) is 17.6. The Morgan fingerprint density at radius 1 is 1.12 bits per heavy atom. The van der Waals surface area contributed by atoms with E-state index in [2.05, 4.69) is 16.0 Å². The van der Waals surface area contributed by atoms with Gasteiger partial charge in [0.25, 0.3) is 0 Å². The Bertz CT molecular complexity index is 810. The van der Waals surface area contributed by atoms with Crippen LogP contribution in [0.4, 0.5) is 11.5 Å². The molecule has 0 aliphatic carbocycles. The van der Waals surface area contributed by atoms with Crippen molar-refractivity contribution in [2.45, 2.75) is 31.3 Å². The van der Waals surface area contributed by atoms with Crippen molar-refractivity contribution in [1.82, 2.24) is 4.98 Å². The van der Waals surface area contributed by atoms with E-state index >= 15 is 0 Å². The minimum absolute atomic E-state index is 0.207. The second-order valence-corrected chi connectivity index (χ2v) is 7.05. The Hall–Kier alpha value is -2.40. The zero-order valence-electron chi connectivity index (χ0n) is 14.6. The number of pyridine rings is 1. The van der Waals surface area contributed by atoms with Gasteiger partial charge >= 0.3 is 0 Å². The first-order valence-electron chi connectivity index (χ1n) is 8.80. The lowest BCUT2D eigenvalue weighted by atomic mass is 9.73. The van der Waals surface area contributed by atoms with Gasteiger partial charge in [0.05, 0.1) is 17.2 Å². The number of aliphatic hydroxyl groups is 1. The quantitative estimate of drug-likeness (QED) is 0.915. The van der Waals surface area contributed by atoms with Gasteiger partial charge in [-0.25, -0.2) is 4.98 Å². The molecular formula is C20H23N3O2. The number of amides is 1. The van der Waals surface area contributed by atoms with Gasteiger partial charge in [0.1, 0.15) is 5.82 Å². The molecule has 1 aromatic heterocycles. The zero-order valence-corrected chi connectivity index (χ0v) is 14.6. The lowest BCUT2D eigenvalue weighted by Crippen LogP contribution is -2.48. The molecule has 1 N–H and O–H groups in total. The van der Waals surface area contributed by atoms with Crippen LogP contribution in [0.2, 0.25) is 0 Å². The molecule has 2 aliphatic heterocycles. The monoisotopic (exact) mass is 337 g/mol. The third kappa shape index (κ3) is 2.42. The summed E-state index contributed by atoms with van der Waals surface area (Å²) in [6.07, 6.45) is 0.995. The second kappa shape index (κ2) is 5.85. The first-order chi connectivity index (χ1) is 12.0. The highest BCUT2D eigenvalue weighted by molar-refractivity contribution is 6.07. The van der Waals surface area contributed by atoms with Crippen molar-refractivity contribution in [3.8, 4) is 0 Å². The molecule has 5 nitrogen and oxygen atoms in total. The van der Waals surface area contributed by atoms with E-state index in [1.54, 1.807) is 11.8 Å². The van der Waals surface area contributed by atoms with Gasteiger partial charge in [-0.1, -0.05) is 24.3 Å². The molecule has 1 unspecified atom stereocenters. The molecule has 0 bridgehead atoms. The topological polar surface area (TPSA) is 56.7 Å². The van der Waals surface area contributed by atoms with Crippen LogP contribution in [0.1, 0.15) is 37.1 Å². The summed E-state index contributed by atoms with van der Waals surface area (Å²) in [6.45, 7) is 3.29. The maximum Gasteiger partial charge on any atom is 0.237 e. The Morgan fingerprint density at radius 3 is 2.56 bits per heavy atom. The molecule has 1 atom stereocenters. The van der Waals surface area contributed by atoms with Crippen LogP contribution in [0.5, 0.6) is 0 Å². The normalized spacial score (nSPS) is 20.0. The average Bonchev–Trinajstić information content (AvgIpc) is 2.85. The summed E-state index contributed by atoms with van der Waals surface area (Å²) < 4.78 is 0. The lowest BCUT2D eigenvalue weighted by Gasteiger charge is -2.39. The van der Waals surface area contributed by atoms with Gasteiger partial charge in [-0.2, -0.15) is 0 Å². The number of piperidine rings is 1. The van der Waals surface area contributed by atoms with E-state index in [1.165, 1.54) is 0 Å². The Kier molecular flexibility index (Phi) is 3.76. The van der Waals surface area contributed by atoms with E-state index in [0.29, 0.717) is 5.69 Å². The molecule has 2 aromatic rings. The van der Waals surface area contributed by atoms with Gasteiger partial charge in [-0.15, -0.1) is 0 Å². The van der Waals surface area contributed by atoms with E-state index in [1.807, 2.05) is 43.4 Å². The van der Waals surface area contributed by atoms with Crippen LogP contribution < -0.4 is 9.80 Å². The number of hydrogen-bond acceptors (Lipinski definition) is 4. The van der Waals surface area contributed by atoms with Crippen LogP contribution in [0, 0.1) is 0 Å². The number of benzene rings is 1. The molecule has 0 saturated carbocycles. The number of carbonyl (C=O) groups is 1. The summed E-state index contributed by atoms with van der Waals surface area (Å²) >= 11 is 0. The van der Waals surface area contributed by atoms with E-state index < -0.39 is 11.5 Å². The summed E-state index contributed by atoms with van der Waals surface area (Å²) in [4.78, 5) is 21.6. The van der Waals surface area contributed by atoms with E-state index in [-0.39, 0.29) is 5.91 Å². The molecule has 3 heterocycles. The predicted molar refractivity (Wildman–Crippen MR) is 97.8 cm³/mol. The van der Waals surface area contributed by atoms with Gasteiger partial charge in [-0.05, 0) is 43.5 Å². The van der Waals surface area contributed by atoms with Gasteiger partial charge in [0.2, 0.25) is 5.91 Å². The number of para-hydroxylation sites is 1. The smallest absolute Gasteiger partial charge is 0.237 e. The second-order valence-electron chi connectivity index (χ2n) is 7.05. The standard InChI is InChI=1S/C20H23N3O2/c1-14(24)16-7-5-9-18(21-16)23-12-10-20(11-13-23)15-6-3-4-8-17(15)22(2)19(20)25/h3-9,14,24H,10-13H2,1-2H3. The van der Waals surface area contributed by atoms with Crippen molar-refractivity contribution < 1.29 is 9.90 Å². The van der Waals surface area contributed by atoms with Crippen molar-refractivity contribution in [2.24, 2.45) is 0 Å². The van der Waals surface area contributed by atoms with Crippen molar-refractivity contribution in [3.63, 3.8) is 0 Å². The molecule has 25 heavy (non-hydrogen) atoms. The van der Waals surface area contributed by atoms with Crippen LogP contribution in [-0.2, 0) is 10.2 Å². The largest absolute Gasteiger partial charge is 0.387 e. The van der Waals surface area contributed by atoms with Gasteiger partial charge < -0.3 is 14.9 Å². The van der Waals surface area contributed by atoms with E-state index in [9.17, 15) is 9.90 Å². The van der Waals surface area contributed by atoms with E-state index in [4.69, 9.17) is 0 Å². The highest BCUT2D eigenvalue weighted by atomic mass is 16.3. The minimum Gasteiger partial charge on any atom is -0.387 e. The molecule has 1 aromatic carbocycles. The highest BCUT2D eigenvalue weighted by Gasteiger charge is 2.50. The Labute approximate surface area is 147 Å². The summed E-state index contributed by atoms with van der Waals surface area (Å²) in [6, 6.07) is 13.9. The molecule has 2 aliphatic rings. The fourth-order valence-corrected chi connectivity index (χ4v) is 4.17. The maximum absolute atomic E-state index is 13.0. The molecule has 1 saturated heterocycles. The number of carbonyl (C=O) groups excluding carboxylic acids is 1. The maximum atomic E-state index is 13.0. The van der Waals surface area contributed by atoms with Crippen LogP contribution in [0.15, 0.2) is 42.5 Å². The molecule has 1 amide bonds. The van der Waals surface area contributed by atoms with Crippen molar-refractivity contribution in [3.05, 3.63) is 53.7 Å². The summed E-state index contributed by atoms with van der Waals surface area (Å²) in [5, 5.41) is 9.76. The van der Waals surface area contributed by atoms with Crippen molar-refractivity contribution >= 4 is 17.4 Å². The summed E-state index contributed by atoms with van der Waals surface area (Å²) in [7, 11) is 1.87. The molecule has 5 heteroatoms. The van der Waals surface area contributed by atoms with Gasteiger partial charge in [0.15, 0.2) is 0 Å². The number of aliphatic hydroxyl groups excluding tert-OH is 1. The van der Waals surface area contributed by atoms with Crippen LogP contribution in [0.3, 0.4) is 0 Å². The number of likely N-dealkylation sites (N-methyl/N-ethyl adjacent to an activating group) is 1. The number of rotatable bonds is 2. The molecule has 0 radical (unpaired) electrons. The van der Waals surface area contributed by atoms with Crippen molar-refractivity contribution in [2.75, 3.05) is 29.9 Å². The molecule has 130 valence electrons. The Balaban J connectivity index is 1.60. The highest BCUT2D eigenvalue weighted by Crippen LogP contribution is 2.47. The lowest BCUT2D eigenvalue weighted by molar-refractivity contribution is -0.123. The van der Waals surface area contributed by atoms with Gasteiger partial charge in [0, 0.05) is 25.8 Å². The third-order valence-corrected chi connectivity index (χ3v) is 5.62. The van der Waals surface area contributed by atoms with Crippen molar-refractivity contribution in [1.29, 1.82) is 0 Å². The predicted octanol–water partition coefficient (Wildman–Crippen LogP) is 2.65. The molecule has 1 fully saturated rings. The van der Waals surface area contributed by atoms with E-state index in [0.717, 1.165) is 43.0 Å². The Morgan fingerprint density at radius 2 is 1.84 bits per heavy atom. The summed E-state index contributed by atoms with van der Waals surface area (Å²) in [5.41, 5.74) is 2.48. The summed E-state index contributed by atoms with van der Waals surface area (Å²) in [5.74, 6) is 1.08. The number of aromatic nitrogens is 1. The fraction of sp³-hybridized carbons (Fsp3) is 0.400.